The maximum atomic E-state index is 5.55. The molecular weight excluding hydrogens is 370 g/mol. The monoisotopic (exact) mass is 392 g/mol. The van der Waals surface area contributed by atoms with E-state index in [0.29, 0.717) is 6.04 Å². The third-order valence-corrected chi connectivity index (χ3v) is 5.63. The van der Waals surface area contributed by atoms with Crippen molar-refractivity contribution in [3.8, 4) is 0 Å². The fourth-order valence-corrected chi connectivity index (χ4v) is 4.29. The Morgan fingerprint density at radius 3 is 2.73 bits per heavy atom. The molecule has 0 aliphatic heterocycles. The lowest BCUT2D eigenvalue weighted by atomic mass is 9.95. The van der Waals surface area contributed by atoms with E-state index in [1.807, 2.05) is 12.1 Å². The standard InChI is InChI=1S/C18H23N5OS.ClH/c1-2-6-15(7-3-1)23-18(19-20-21-23)14-22(12-16-8-4-10-24-16)13-17-9-5-11-25-17;/h4-5,8-11,15H,1-3,6-7,12-14H2;1H/p-1. The Labute approximate surface area is 163 Å². The van der Waals surface area contributed by atoms with Gasteiger partial charge in [-0.3, -0.25) is 4.90 Å². The maximum absolute atomic E-state index is 5.55. The van der Waals surface area contributed by atoms with Crippen molar-refractivity contribution >= 4 is 11.3 Å². The van der Waals surface area contributed by atoms with E-state index < -0.39 is 0 Å². The van der Waals surface area contributed by atoms with Gasteiger partial charge in [-0.05, 0) is 46.8 Å². The number of hydrogen-bond donors (Lipinski definition) is 0. The third kappa shape index (κ3) is 4.72. The molecule has 0 saturated heterocycles. The normalized spacial score (nSPS) is 15.3. The van der Waals surface area contributed by atoms with Gasteiger partial charge < -0.3 is 16.8 Å². The van der Waals surface area contributed by atoms with Crippen LogP contribution in [0, 0.1) is 0 Å². The molecule has 140 valence electrons. The Bertz CT molecular complexity index is 716. The predicted molar refractivity (Wildman–Crippen MR) is 95.9 cm³/mol. The largest absolute Gasteiger partial charge is 1.00 e. The van der Waals surface area contributed by atoms with Crippen molar-refractivity contribution in [1.82, 2.24) is 25.1 Å². The molecule has 3 aromatic heterocycles. The number of furan rings is 1. The van der Waals surface area contributed by atoms with Crippen molar-refractivity contribution < 1.29 is 16.8 Å². The number of rotatable bonds is 7. The minimum atomic E-state index is 0. The van der Waals surface area contributed by atoms with Gasteiger partial charge in [0.15, 0.2) is 5.82 Å². The number of tetrazole rings is 1. The fourth-order valence-electron chi connectivity index (χ4n) is 3.54. The first-order valence-corrected chi connectivity index (χ1v) is 9.80. The quantitative estimate of drug-likeness (QED) is 0.601. The molecule has 0 unspecified atom stereocenters. The molecule has 4 rings (SSSR count). The van der Waals surface area contributed by atoms with Crippen LogP contribution in [0.4, 0.5) is 0 Å². The number of thiophene rings is 1. The summed E-state index contributed by atoms with van der Waals surface area (Å²) in [5.74, 6) is 1.92. The molecule has 1 aliphatic carbocycles. The fraction of sp³-hybridized carbons (Fsp3) is 0.500. The van der Waals surface area contributed by atoms with Gasteiger partial charge in [0.1, 0.15) is 5.76 Å². The lowest BCUT2D eigenvalue weighted by Gasteiger charge is -2.24. The number of nitrogens with zero attached hydrogens (tertiary/aromatic N) is 5. The van der Waals surface area contributed by atoms with Gasteiger partial charge >= 0.3 is 0 Å². The SMILES string of the molecule is [Cl-].c1coc(CN(Cc2cccs2)Cc2nnnn2C2CCCCC2)c1. The summed E-state index contributed by atoms with van der Waals surface area (Å²) in [6, 6.07) is 8.67. The molecule has 0 bridgehead atoms. The molecule has 8 heteroatoms. The van der Waals surface area contributed by atoms with Crippen LogP contribution in [0.25, 0.3) is 0 Å². The lowest BCUT2D eigenvalue weighted by Crippen LogP contribution is -3.00. The maximum Gasteiger partial charge on any atom is 0.165 e. The van der Waals surface area contributed by atoms with E-state index >= 15 is 0 Å². The van der Waals surface area contributed by atoms with Crippen molar-refractivity contribution in [3.05, 3.63) is 52.4 Å². The zero-order chi connectivity index (χ0) is 16.9. The Morgan fingerprint density at radius 2 is 2.00 bits per heavy atom. The van der Waals surface area contributed by atoms with E-state index in [9.17, 15) is 0 Å². The van der Waals surface area contributed by atoms with Gasteiger partial charge in [-0.25, -0.2) is 4.68 Å². The van der Waals surface area contributed by atoms with Crippen LogP contribution in [0.1, 0.15) is 54.6 Å². The van der Waals surface area contributed by atoms with Crippen LogP contribution in [-0.4, -0.2) is 25.1 Å². The summed E-state index contributed by atoms with van der Waals surface area (Å²) >= 11 is 1.78. The van der Waals surface area contributed by atoms with E-state index in [0.717, 1.165) is 31.2 Å². The molecule has 3 heterocycles. The molecular formula is C18H23ClN5OS-. The highest BCUT2D eigenvalue weighted by Crippen LogP contribution is 2.28. The second-order valence-corrected chi connectivity index (χ2v) is 7.67. The Morgan fingerprint density at radius 1 is 1.12 bits per heavy atom. The number of aromatic nitrogens is 4. The molecule has 26 heavy (non-hydrogen) atoms. The Kier molecular flexibility index (Phi) is 6.82. The first-order valence-electron chi connectivity index (χ1n) is 8.92. The molecule has 0 spiro atoms. The molecule has 6 nitrogen and oxygen atoms in total. The van der Waals surface area contributed by atoms with E-state index in [1.165, 1.54) is 37.0 Å². The highest BCUT2D eigenvalue weighted by molar-refractivity contribution is 7.09. The van der Waals surface area contributed by atoms with Gasteiger partial charge in [0.05, 0.1) is 25.4 Å². The molecule has 0 atom stereocenters. The van der Waals surface area contributed by atoms with Crippen molar-refractivity contribution in [2.75, 3.05) is 0 Å². The van der Waals surface area contributed by atoms with Crippen LogP contribution in [0.5, 0.6) is 0 Å². The van der Waals surface area contributed by atoms with Crippen LogP contribution in [-0.2, 0) is 19.6 Å². The molecule has 1 fully saturated rings. The van der Waals surface area contributed by atoms with Gasteiger partial charge in [-0.15, -0.1) is 16.4 Å². The summed E-state index contributed by atoms with van der Waals surface area (Å²) in [6.45, 7) is 2.35. The molecule has 0 N–H and O–H groups in total. The van der Waals surface area contributed by atoms with Gasteiger partial charge in [0.25, 0.3) is 0 Å². The summed E-state index contributed by atoms with van der Waals surface area (Å²) in [5.41, 5.74) is 0. The highest BCUT2D eigenvalue weighted by Gasteiger charge is 2.22. The van der Waals surface area contributed by atoms with Gasteiger partial charge in [-0.2, -0.15) is 0 Å². The average Bonchev–Trinajstić information content (AvgIpc) is 3.38. The molecule has 0 aromatic carbocycles. The summed E-state index contributed by atoms with van der Waals surface area (Å²) in [4.78, 5) is 3.68. The van der Waals surface area contributed by atoms with Crippen molar-refractivity contribution in [1.29, 1.82) is 0 Å². The van der Waals surface area contributed by atoms with Gasteiger partial charge in [0.2, 0.25) is 0 Å². The molecule has 1 aliphatic rings. The summed E-state index contributed by atoms with van der Waals surface area (Å²) in [6.07, 6.45) is 7.97. The van der Waals surface area contributed by atoms with Crippen LogP contribution >= 0.6 is 11.3 Å². The Balaban J connectivity index is 0.00000196. The zero-order valence-corrected chi connectivity index (χ0v) is 16.2. The van der Waals surface area contributed by atoms with Crippen LogP contribution in [0.3, 0.4) is 0 Å². The lowest BCUT2D eigenvalue weighted by molar-refractivity contribution is -0.00000603. The minimum absolute atomic E-state index is 0. The van der Waals surface area contributed by atoms with Gasteiger partial charge in [-0.1, -0.05) is 25.3 Å². The molecule has 3 aromatic rings. The first-order chi connectivity index (χ1) is 12.4. The highest BCUT2D eigenvalue weighted by atomic mass is 35.5. The number of halogens is 1. The Hall–Kier alpha value is -1.70. The second kappa shape index (κ2) is 9.30. The first kappa shape index (κ1) is 19.1. The number of hydrogen-bond acceptors (Lipinski definition) is 6. The van der Waals surface area contributed by atoms with E-state index in [-0.39, 0.29) is 12.4 Å². The predicted octanol–water partition coefficient (Wildman–Crippen LogP) is 1.04. The second-order valence-electron chi connectivity index (χ2n) is 6.64. The smallest absolute Gasteiger partial charge is 0.165 e. The summed E-state index contributed by atoms with van der Waals surface area (Å²) < 4.78 is 7.61. The summed E-state index contributed by atoms with van der Waals surface area (Å²) in [5, 5.41) is 14.7. The van der Waals surface area contributed by atoms with Crippen LogP contribution < -0.4 is 12.4 Å². The molecule has 1 saturated carbocycles. The van der Waals surface area contributed by atoms with Crippen molar-refractivity contribution in [2.24, 2.45) is 0 Å². The van der Waals surface area contributed by atoms with E-state index in [4.69, 9.17) is 4.42 Å². The minimum Gasteiger partial charge on any atom is -1.00 e. The van der Waals surface area contributed by atoms with Crippen LogP contribution in [0.2, 0.25) is 0 Å². The van der Waals surface area contributed by atoms with Crippen molar-refractivity contribution in [3.63, 3.8) is 0 Å². The third-order valence-electron chi connectivity index (χ3n) is 4.77. The van der Waals surface area contributed by atoms with E-state index in [1.54, 1.807) is 17.6 Å². The summed E-state index contributed by atoms with van der Waals surface area (Å²) in [7, 11) is 0. The topological polar surface area (TPSA) is 60.0 Å². The van der Waals surface area contributed by atoms with Gasteiger partial charge in [0, 0.05) is 11.4 Å². The molecule has 0 amide bonds. The van der Waals surface area contributed by atoms with Crippen LogP contribution in [0.15, 0.2) is 40.3 Å². The zero-order valence-electron chi connectivity index (χ0n) is 14.6. The van der Waals surface area contributed by atoms with E-state index in [2.05, 4.69) is 42.6 Å². The average molecular weight is 393 g/mol. The molecule has 0 radical (unpaired) electrons. The van der Waals surface area contributed by atoms with Crippen molar-refractivity contribution in [2.45, 2.75) is 57.8 Å².